The van der Waals surface area contributed by atoms with Gasteiger partial charge in [0, 0.05) is 37.4 Å². The van der Waals surface area contributed by atoms with Crippen LogP contribution in [0.5, 0.6) is 0 Å². The third kappa shape index (κ3) is 5.62. The summed E-state index contributed by atoms with van der Waals surface area (Å²) in [5.74, 6) is 1.05. The zero-order valence-corrected chi connectivity index (χ0v) is 15.3. The van der Waals surface area contributed by atoms with Gasteiger partial charge in [0.25, 0.3) is 5.89 Å². The molecule has 0 bridgehead atoms. The highest BCUT2D eigenvalue weighted by Crippen LogP contribution is 2.26. The molecule has 8 heteroatoms. The van der Waals surface area contributed by atoms with Crippen molar-refractivity contribution in [1.82, 2.24) is 20.4 Å². The molecule has 25 heavy (non-hydrogen) atoms. The van der Waals surface area contributed by atoms with Crippen molar-refractivity contribution in [3.63, 3.8) is 0 Å². The fourth-order valence-corrected chi connectivity index (χ4v) is 3.46. The molecule has 1 amide bonds. The first-order chi connectivity index (χ1) is 12.2. The van der Waals surface area contributed by atoms with Crippen molar-refractivity contribution < 1.29 is 13.9 Å². The summed E-state index contributed by atoms with van der Waals surface area (Å²) in [6.45, 7) is 7.31. The van der Waals surface area contributed by atoms with E-state index in [1.165, 1.54) is 4.88 Å². The first-order valence-electron chi connectivity index (χ1n) is 8.67. The fourth-order valence-electron chi connectivity index (χ4n) is 2.67. The summed E-state index contributed by atoms with van der Waals surface area (Å²) in [7, 11) is 0. The molecule has 7 nitrogen and oxygen atoms in total. The van der Waals surface area contributed by atoms with Gasteiger partial charge < -0.3 is 14.5 Å². The van der Waals surface area contributed by atoms with Crippen LogP contribution in [0.2, 0.25) is 0 Å². The van der Waals surface area contributed by atoms with E-state index in [2.05, 4.69) is 20.4 Å². The predicted molar refractivity (Wildman–Crippen MR) is 95.6 cm³/mol. The van der Waals surface area contributed by atoms with Gasteiger partial charge in [0.05, 0.1) is 18.1 Å². The summed E-state index contributed by atoms with van der Waals surface area (Å²) in [6.07, 6.45) is 1.78. The van der Waals surface area contributed by atoms with Crippen molar-refractivity contribution in [2.45, 2.75) is 26.2 Å². The largest absolute Gasteiger partial charge is 0.420 e. The third-order valence-corrected chi connectivity index (χ3v) is 5.05. The molecule has 0 radical (unpaired) electrons. The average Bonchev–Trinajstić information content (AvgIpc) is 3.26. The minimum absolute atomic E-state index is 0.0219. The maximum atomic E-state index is 11.9. The molecule has 3 rings (SSSR count). The van der Waals surface area contributed by atoms with Gasteiger partial charge in [0.2, 0.25) is 11.8 Å². The van der Waals surface area contributed by atoms with E-state index >= 15 is 0 Å². The zero-order valence-electron chi connectivity index (χ0n) is 14.5. The van der Waals surface area contributed by atoms with Gasteiger partial charge in [0.15, 0.2) is 0 Å². The van der Waals surface area contributed by atoms with E-state index in [9.17, 15) is 4.79 Å². The van der Waals surface area contributed by atoms with Crippen LogP contribution in [0.25, 0.3) is 10.8 Å². The number of hydrogen-bond donors (Lipinski definition) is 1. The van der Waals surface area contributed by atoms with Crippen LogP contribution in [0, 0.1) is 6.92 Å². The van der Waals surface area contributed by atoms with Gasteiger partial charge >= 0.3 is 0 Å². The van der Waals surface area contributed by atoms with Crippen LogP contribution in [0.1, 0.15) is 23.6 Å². The number of rotatable bonds is 8. The van der Waals surface area contributed by atoms with Crippen LogP contribution in [-0.4, -0.2) is 60.4 Å². The van der Waals surface area contributed by atoms with Gasteiger partial charge in [-0.1, -0.05) is 0 Å². The molecule has 136 valence electrons. The Morgan fingerprint density at radius 1 is 1.32 bits per heavy atom. The van der Waals surface area contributed by atoms with Gasteiger partial charge in [-0.2, -0.15) is 0 Å². The van der Waals surface area contributed by atoms with Gasteiger partial charge in [-0.25, -0.2) is 0 Å². The Bertz CT molecular complexity index is 679. The first kappa shape index (κ1) is 18.0. The molecule has 2 aromatic heterocycles. The van der Waals surface area contributed by atoms with Crippen molar-refractivity contribution in [3.05, 3.63) is 22.9 Å². The first-order valence-corrected chi connectivity index (χ1v) is 9.48. The van der Waals surface area contributed by atoms with Crippen LogP contribution in [0.3, 0.4) is 0 Å². The number of ether oxygens (including phenoxy) is 1. The number of nitrogens with one attached hydrogen (secondary N) is 1. The third-order valence-electron chi connectivity index (χ3n) is 4.06. The van der Waals surface area contributed by atoms with Gasteiger partial charge in [-0.15, -0.1) is 21.5 Å². The van der Waals surface area contributed by atoms with Crippen molar-refractivity contribution in [3.8, 4) is 10.8 Å². The summed E-state index contributed by atoms with van der Waals surface area (Å²) in [4.78, 5) is 16.4. The Labute approximate surface area is 151 Å². The van der Waals surface area contributed by atoms with Crippen molar-refractivity contribution in [2.24, 2.45) is 0 Å². The molecule has 0 atom stereocenters. The Hall–Kier alpha value is -1.77. The molecule has 0 saturated carbocycles. The molecular formula is C17H24N4O3S. The lowest BCUT2D eigenvalue weighted by atomic mass is 10.3. The predicted octanol–water partition coefficient (Wildman–Crippen LogP) is 1.88. The monoisotopic (exact) mass is 364 g/mol. The standard InChI is InChI=1S/C17H24N4O3S/c1-13-3-4-14(25-13)17-20-19-16(24-17)6-5-15(22)18-7-2-8-21-9-11-23-12-10-21/h3-4H,2,5-12H2,1H3,(H,18,22). The molecular weight excluding hydrogens is 340 g/mol. The number of thiophene rings is 1. The number of nitrogens with zero attached hydrogens (tertiary/aromatic N) is 3. The zero-order chi connectivity index (χ0) is 17.5. The highest BCUT2D eigenvalue weighted by Gasteiger charge is 2.12. The van der Waals surface area contributed by atoms with Crippen LogP contribution < -0.4 is 5.32 Å². The minimum atomic E-state index is 0.0219. The lowest BCUT2D eigenvalue weighted by Gasteiger charge is -2.26. The normalized spacial score (nSPS) is 15.4. The molecule has 0 unspecified atom stereocenters. The topological polar surface area (TPSA) is 80.5 Å². The second-order valence-electron chi connectivity index (χ2n) is 6.07. The quantitative estimate of drug-likeness (QED) is 0.721. The smallest absolute Gasteiger partial charge is 0.257 e. The number of hydrogen-bond acceptors (Lipinski definition) is 7. The number of morpholine rings is 1. The van der Waals surface area contributed by atoms with Crippen LogP contribution in [0.15, 0.2) is 16.5 Å². The van der Waals surface area contributed by atoms with E-state index in [0.29, 0.717) is 31.2 Å². The maximum Gasteiger partial charge on any atom is 0.257 e. The lowest BCUT2D eigenvalue weighted by molar-refractivity contribution is -0.121. The summed E-state index contributed by atoms with van der Waals surface area (Å²) in [5, 5.41) is 11.0. The SMILES string of the molecule is Cc1ccc(-c2nnc(CCC(=O)NCCCN3CCOCC3)o2)s1. The van der Waals surface area contributed by atoms with Gasteiger partial charge in [0.1, 0.15) is 0 Å². The van der Waals surface area contributed by atoms with E-state index in [0.717, 1.165) is 44.1 Å². The molecule has 2 aromatic rings. The van der Waals surface area contributed by atoms with E-state index in [1.807, 2.05) is 19.1 Å². The highest BCUT2D eigenvalue weighted by molar-refractivity contribution is 7.15. The molecule has 1 N–H and O–H groups in total. The summed E-state index contributed by atoms with van der Waals surface area (Å²) < 4.78 is 10.9. The number of amides is 1. The molecule has 1 aliphatic rings. The Morgan fingerprint density at radius 2 is 2.16 bits per heavy atom. The second-order valence-corrected chi connectivity index (χ2v) is 7.36. The average molecular weight is 364 g/mol. The van der Waals surface area contributed by atoms with Crippen molar-refractivity contribution >= 4 is 17.2 Å². The van der Waals surface area contributed by atoms with Crippen LogP contribution >= 0.6 is 11.3 Å². The minimum Gasteiger partial charge on any atom is -0.420 e. The molecule has 1 fully saturated rings. The van der Waals surface area contributed by atoms with Gasteiger partial charge in [-0.3, -0.25) is 9.69 Å². The van der Waals surface area contributed by atoms with Crippen molar-refractivity contribution in [1.29, 1.82) is 0 Å². The van der Waals surface area contributed by atoms with E-state index < -0.39 is 0 Å². The summed E-state index contributed by atoms with van der Waals surface area (Å²) >= 11 is 1.62. The van der Waals surface area contributed by atoms with Gasteiger partial charge in [-0.05, 0) is 32.0 Å². The summed E-state index contributed by atoms with van der Waals surface area (Å²) in [6, 6.07) is 3.99. The molecule has 1 aliphatic heterocycles. The van der Waals surface area contributed by atoms with E-state index in [-0.39, 0.29) is 5.91 Å². The highest BCUT2D eigenvalue weighted by atomic mass is 32.1. The fraction of sp³-hybridized carbons (Fsp3) is 0.588. The molecule has 1 saturated heterocycles. The molecule has 0 aromatic carbocycles. The van der Waals surface area contributed by atoms with E-state index in [4.69, 9.17) is 9.15 Å². The van der Waals surface area contributed by atoms with Crippen LogP contribution in [-0.2, 0) is 16.0 Å². The number of aromatic nitrogens is 2. The Balaban J connectivity index is 1.33. The number of carbonyl (C=O) groups is 1. The molecule has 0 aliphatic carbocycles. The number of carbonyl (C=O) groups excluding carboxylic acids is 1. The Morgan fingerprint density at radius 3 is 2.92 bits per heavy atom. The Kier molecular flexibility index (Phi) is 6.55. The second kappa shape index (κ2) is 9.07. The lowest BCUT2D eigenvalue weighted by Crippen LogP contribution is -2.38. The van der Waals surface area contributed by atoms with E-state index in [1.54, 1.807) is 11.3 Å². The number of aryl methyl sites for hydroxylation is 2. The molecule has 0 spiro atoms. The molecule has 3 heterocycles. The maximum absolute atomic E-state index is 11.9. The van der Waals surface area contributed by atoms with Crippen molar-refractivity contribution in [2.75, 3.05) is 39.4 Å². The van der Waals surface area contributed by atoms with Crippen LogP contribution in [0.4, 0.5) is 0 Å². The summed E-state index contributed by atoms with van der Waals surface area (Å²) in [5.41, 5.74) is 0.